The van der Waals surface area contributed by atoms with Crippen LogP contribution in [0.2, 0.25) is 0 Å². The zero-order valence-corrected chi connectivity index (χ0v) is 13.3. The summed E-state index contributed by atoms with van der Waals surface area (Å²) in [4.78, 5) is 0. The number of nitrogens with two attached hydrogens (primary N) is 1. The summed E-state index contributed by atoms with van der Waals surface area (Å²) in [5, 5.41) is 0. The molecule has 6 nitrogen and oxygen atoms in total. The number of hydrogen-bond donors (Lipinski definition) is 1. The summed E-state index contributed by atoms with van der Waals surface area (Å²) in [5.41, 5.74) is 5.26. The number of hydrogen-bond acceptors (Lipinski definition) is 5. The highest BCUT2D eigenvalue weighted by atomic mass is 32.2. The lowest BCUT2D eigenvalue weighted by Gasteiger charge is -2.43. The number of rotatable bonds is 6. The molecule has 0 unspecified atom stereocenters. The molecule has 0 aromatic carbocycles. The molecule has 1 aliphatic rings. The van der Waals surface area contributed by atoms with Crippen molar-refractivity contribution in [1.82, 2.24) is 4.31 Å². The fraction of sp³-hybridized carbons (Fsp3) is 1.00. The molecule has 1 fully saturated rings. The predicted octanol–water partition coefficient (Wildman–Crippen LogP) is -0.0458. The van der Waals surface area contributed by atoms with E-state index in [1.54, 1.807) is 0 Å². The molecule has 1 aliphatic carbocycles. The second-order valence-electron chi connectivity index (χ2n) is 5.40. The van der Waals surface area contributed by atoms with E-state index in [0.717, 1.165) is 38.4 Å². The van der Waals surface area contributed by atoms with Crippen LogP contribution in [0.3, 0.4) is 0 Å². The Hall–Kier alpha value is -0.180. The largest absolute Gasteiger partial charge is 0.329 e. The molecule has 8 heteroatoms. The van der Waals surface area contributed by atoms with E-state index in [1.165, 1.54) is 11.4 Å². The van der Waals surface area contributed by atoms with Crippen LogP contribution in [0.15, 0.2) is 0 Å². The van der Waals surface area contributed by atoms with Crippen molar-refractivity contribution in [2.24, 2.45) is 5.73 Å². The van der Waals surface area contributed by atoms with Gasteiger partial charge in [-0.3, -0.25) is 0 Å². The first-order valence-electron chi connectivity index (χ1n) is 6.47. The maximum atomic E-state index is 12.2. The quantitative estimate of drug-likeness (QED) is 0.742. The van der Waals surface area contributed by atoms with E-state index >= 15 is 0 Å². The number of likely N-dealkylation sites (N-methyl/N-ethyl adjacent to an activating group) is 1. The smallest absolute Gasteiger partial charge is 0.215 e. The lowest BCUT2D eigenvalue weighted by molar-refractivity contribution is 0.159. The zero-order valence-electron chi connectivity index (χ0n) is 11.6. The van der Waals surface area contributed by atoms with Crippen molar-refractivity contribution in [2.75, 3.05) is 31.4 Å². The minimum Gasteiger partial charge on any atom is -0.329 e. The van der Waals surface area contributed by atoms with Gasteiger partial charge in [-0.2, -0.15) is 4.31 Å². The van der Waals surface area contributed by atoms with Crippen molar-refractivity contribution in [2.45, 2.75) is 37.6 Å². The number of sulfone groups is 1. The topological polar surface area (TPSA) is 97.5 Å². The Kier molecular flexibility index (Phi) is 5.39. The monoisotopic (exact) mass is 312 g/mol. The Balaban J connectivity index is 2.86. The van der Waals surface area contributed by atoms with Gasteiger partial charge >= 0.3 is 0 Å². The van der Waals surface area contributed by atoms with Crippen molar-refractivity contribution in [3.8, 4) is 0 Å². The number of nitrogens with zero attached hydrogens (tertiary/aromatic N) is 1. The van der Waals surface area contributed by atoms with Gasteiger partial charge in [0.15, 0.2) is 0 Å². The van der Waals surface area contributed by atoms with Gasteiger partial charge in [0, 0.05) is 25.4 Å². The van der Waals surface area contributed by atoms with Crippen LogP contribution in [0.25, 0.3) is 0 Å². The molecular weight excluding hydrogens is 288 g/mol. The van der Waals surface area contributed by atoms with Crippen molar-refractivity contribution in [3.63, 3.8) is 0 Å². The fourth-order valence-corrected chi connectivity index (χ4v) is 5.72. The molecular formula is C11H24N2O4S2. The highest BCUT2D eigenvalue weighted by molar-refractivity contribution is 7.93. The SMILES string of the molecule is CN(C1(CN)CCCCC1)S(=O)(=O)CCS(C)(=O)=O. The Morgan fingerprint density at radius 2 is 1.58 bits per heavy atom. The van der Waals surface area contributed by atoms with Gasteiger partial charge in [0.25, 0.3) is 0 Å². The lowest BCUT2D eigenvalue weighted by Crippen LogP contribution is -2.56. The first kappa shape index (κ1) is 16.9. The first-order chi connectivity index (χ1) is 8.63. The molecule has 0 radical (unpaired) electrons. The summed E-state index contributed by atoms with van der Waals surface area (Å²) in [7, 11) is -5.35. The van der Waals surface area contributed by atoms with Gasteiger partial charge in [-0.1, -0.05) is 19.3 Å². The summed E-state index contributed by atoms with van der Waals surface area (Å²) < 4.78 is 48.1. The number of sulfonamides is 1. The van der Waals surface area contributed by atoms with E-state index in [1.807, 2.05) is 0 Å². The fourth-order valence-electron chi connectivity index (χ4n) is 2.55. The molecule has 0 aromatic rings. The van der Waals surface area contributed by atoms with E-state index in [2.05, 4.69) is 0 Å². The Bertz CT molecular complexity index is 493. The van der Waals surface area contributed by atoms with Crippen LogP contribution in [-0.4, -0.2) is 58.0 Å². The highest BCUT2D eigenvalue weighted by Gasteiger charge is 2.40. The van der Waals surface area contributed by atoms with Crippen molar-refractivity contribution in [1.29, 1.82) is 0 Å². The summed E-state index contributed by atoms with van der Waals surface area (Å²) in [5.74, 6) is -0.718. The van der Waals surface area contributed by atoms with Gasteiger partial charge in [-0.25, -0.2) is 16.8 Å². The third-order valence-electron chi connectivity index (χ3n) is 3.96. The predicted molar refractivity (Wildman–Crippen MR) is 76.1 cm³/mol. The molecule has 0 atom stereocenters. The van der Waals surface area contributed by atoms with E-state index < -0.39 is 25.4 Å². The molecule has 0 bridgehead atoms. The summed E-state index contributed by atoms with van der Waals surface area (Å²) >= 11 is 0. The average Bonchev–Trinajstić information content (AvgIpc) is 2.36. The van der Waals surface area contributed by atoms with Crippen LogP contribution >= 0.6 is 0 Å². The lowest BCUT2D eigenvalue weighted by atomic mass is 9.82. The van der Waals surface area contributed by atoms with Gasteiger partial charge in [0.05, 0.1) is 11.5 Å². The molecule has 0 aliphatic heterocycles. The first-order valence-corrected chi connectivity index (χ1v) is 10.1. The van der Waals surface area contributed by atoms with Gasteiger partial charge in [-0.15, -0.1) is 0 Å². The van der Waals surface area contributed by atoms with E-state index in [-0.39, 0.29) is 18.1 Å². The van der Waals surface area contributed by atoms with Crippen molar-refractivity contribution >= 4 is 19.9 Å². The Labute approximate surface area is 116 Å². The van der Waals surface area contributed by atoms with Gasteiger partial charge < -0.3 is 5.73 Å². The average molecular weight is 312 g/mol. The van der Waals surface area contributed by atoms with E-state index in [9.17, 15) is 16.8 Å². The standard InChI is InChI=1S/C11H24N2O4S2/c1-13(11(10-12)6-4-3-5-7-11)19(16,17)9-8-18(2,14)15/h3-10,12H2,1-2H3. The summed E-state index contributed by atoms with van der Waals surface area (Å²) in [6.07, 6.45) is 5.56. The maximum Gasteiger partial charge on any atom is 0.215 e. The van der Waals surface area contributed by atoms with Crippen LogP contribution in [0.1, 0.15) is 32.1 Å². The molecule has 19 heavy (non-hydrogen) atoms. The third-order valence-corrected chi connectivity index (χ3v) is 7.11. The third kappa shape index (κ3) is 4.40. The molecule has 0 heterocycles. The van der Waals surface area contributed by atoms with Gasteiger partial charge in [0.2, 0.25) is 10.0 Å². The Morgan fingerprint density at radius 3 is 2.00 bits per heavy atom. The van der Waals surface area contributed by atoms with Gasteiger partial charge in [0.1, 0.15) is 9.84 Å². The zero-order chi connectivity index (χ0) is 14.7. The molecule has 0 saturated heterocycles. The minimum absolute atomic E-state index is 0.279. The molecule has 114 valence electrons. The van der Waals surface area contributed by atoms with Crippen LogP contribution < -0.4 is 5.73 Å². The maximum absolute atomic E-state index is 12.2. The molecule has 1 rings (SSSR count). The molecule has 0 spiro atoms. The van der Waals surface area contributed by atoms with Gasteiger partial charge in [-0.05, 0) is 12.8 Å². The van der Waals surface area contributed by atoms with Crippen LogP contribution in [0.4, 0.5) is 0 Å². The molecule has 1 saturated carbocycles. The van der Waals surface area contributed by atoms with E-state index in [0.29, 0.717) is 0 Å². The van der Waals surface area contributed by atoms with Crippen molar-refractivity contribution in [3.05, 3.63) is 0 Å². The second-order valence-corrected chi connectivity index (χ2v) is 9.78. The van der Waals surface area contributed by atoms with Crippen molar-refractivity contribution < 1.29 is 16.8 Å². The minimum atomic E-state index is -3.59. The molecule has 2 N–H and O–H groups in total. The normalized spacial score (nSPS) is 20.6. The van der Waals surface area contributed by atoms with Crippen LogP contribution in [-0.2, 0) is 19.9 Å². The highest BCUT2D eigenvalue weighted by Crippen LogP contribution is 2.33. The second kappa shape index (κ2) is 6.07. The van der Waals surface area contributed by atoms with Crippen LogP contribution in [0.5, 0.6) is 0 Å². The summed E-state index contributed by atoms with van der Waals surface area (Å²) in [6.45, 7) is 0.279. The van der Waals surface area contributed by atoms with Crippen LogP contribution in [0, 0.1) is 0 Å². The summed E-state index contributed by atoms with van der Waals surface area (Å²) in [6, 6.07) is 0. The molecule has 0 aromatic heterocycles. The van der Waals surface area contributed by atoms with E-state index in [4.69, 9.17) is 5.73 Å². The molecule has 0 amide bonds. The Morgan fingerprint density at radius 1 is 1.05 bits per heavy atom.